The molecule has 0 atom stereocenters. The van der Waals surface area contributed by atoms with Crippen LogP contribution in [-0.2, 0) is 4.79 Å². The summed E-state index contributed by atoms with van der Waals surface area (Å²) in [5, 5.41) is 5.39. The average molecular weight is 235 g/mol. The summed E-state index contributed by atoms with van der Waals surface area (Å²) in [6.45, 7) is 2.57. The second kappa shape index (κ2) is 6.65. The average Bonchev–Trinajstić information content (AvgIpc) is 2.29. The molecule has 0 fully saturated rings. The van der Waals surface area contributed by atoms with Gasteiger partial charge >= 0.3 is 0 Å². The molecule has 0 aliphatic heterocycles. The van der Waals surface area contributed by atoms with E-state index >= 15 is 0 Å². The van der Waals surface area contributed by atoms with Crippen LogP contribution in [0.4, 0.5) is 5.69 Å². The predicted octanol–water partition coefficient (Wildman–Crippen LogP) is 0.724. The highest BCUT2D eigenvalue weighted by Gasteiger charge is 2.04. The van der Waals surface area contributed by atoms with Gasteiger partial charge < -0.3 is 16.4 Å². The van der Waals surface area contributed by atoms with Crippen molar-refractivity contribution in [1.29, 1.82) is 0 Å². The van der Waals surface area contributed by atoms with Gasteiger partial charge in [-0.1, -0.05) is 0 Å². The van der Waals surface area contributed by atoms with E-state index in [0.717, 1.165) is 6.42 Å². The van der Waals surface area contributed by atoms with Crippen molar-refractivity contribution in [2.45, 2.75) is 13.3 Å². The van der Waals surface area contributed by atoms with Crippen LogP contribution in [0.5, 0.6) is 0 Å². The fourth-order valence-corrected chi connectivity index (χ4v) is 1.31. The van der Waals surface area contributed by atoms with E-state index in [4.69, 9.17) is 5.73 Å². The first kappa shape index (κ1) is 13.2. The molecule has 0 radical (unpaired) electrons. The second-order valence-corrected chi connectivity index (χ2v) is 3.66. The molecule has 1 rings (SSSR count). The third-order valence-electron chi connectivity index (χ3n) is 2.13. The smallest absolute Gasteiger partial charge is 0.251 e. The van der Waals surface area contributed by atoms with Crippen molar-refractivity contribution in [3.63, 3.8) is 0 Å². The van der Waals surface area contributed by atoms with E-state index in [1.165, 1.54) is 6.92 Å². The number of rotatable bonds is 5. The van der Waals surface area contributed by atoms with Gasteiger partial charge in [0.2, 0.25) is 5.91 Å². The summed E-state index contributed by atoms with van der Waals surface area (Å²) < 4.78 is 0. The topological polar surface area (TPSA) is 84.2 Å². The van der Waals surface area contributed by atoms with Gasteiger partial charge in [0.25, 0.3) is 5.91 Å². The molecule has 0 aliphatic rings. The molecule has 4 N–H and O–H groups in total. The maximum atomic E-state index is 11.6. The Kier molecular flexibility index (Phi) is 5.16. The first-order chi connectivity index (χ1) is 8.13. The summed E-state index contributed by atoms with van der Waals surface area (Å²) in [5.41, 5.74) is 6.57. The van der Waals surface area contributed by atoms with Crippen LogP contribution in [0.2, 0.25) is 0 Å². The summed E-state index contributed by atoms with van der Waals surface area (Å²) in [6.07, 6.45) is 0.760. The van der Waals surface area contributed by atoms with Crippen molar-refractivity contribution in [3.8, 4) is 0 Å². The standard InChI is InChI=1S/C12H17N3O2/c1-9(16)15-11-5-3-10(4-6-11)12(17)14-8-2-7-13/h3-6H,2,7-8,13H2,1H3,(H,14,17)(H,15,16). The lowest BCUT2D eigenvalue weighted by Crippen LogP contribution is -2.25. The molecule has 0 unspecified atom stereocenters. The number of nitrogens with two attached hydrogens (primary N) is 1. The summed E-state index contributed by atoms with van der Waals surface area (Å²) >= 11 is 0. The van der Waals surface area contributed by atoms with Gasteiger partial charge in [-0.15, -0.1) is 0 Å². The van der Waals surface area contributed by atoms with E-state index in [1.807, 2.05) is 0 Å². The van der Waals surface area contributed by atoms with E-state index in [-0.39, 0.29) is 11.8 Å². The third-order valence-corrected chi connectivity index (χ3v) is 2.13. The second-order valence-electron chi connectivity index (χ2n) is 3.66. The number of benzene rings is 1. The number of amides is 2. The van der Waals surface area contributed by atoms with Crippen molar-refractivity contribution in [3.05, 3.63) is 29.8 Å². The van der Waals surface area contributed by atoms with E-state index in [0.29, 0.717) is 24.3 Å². The predicted molar refractivity (Wildman–Crippen MR) is 66.8 cm³/mol. The number of hydrogen-bond donors (Lipinski definition) is 3. The SMILES string of the molecule is CC(=O)Nc1ccc(C(=O)NCCCN)cc1. The fourth-order valence-electron chi connectivity index (χ4n) is 1.31. The van der Waals surface area contributed by atoms with Crippen LogP contribution in [-0.4, -0.2) is 24.9 Å². The summed E-state index contributed by atoms with van der Waals surface area (Å²) in [7, 11) is 0. The molecule has 0 aromatic heterocycles. The first-order valence-electron chi connectivity index (χ1n) is 5.49. The zero-order chi connectivity index (χ0) is 12.7. The quantitative estimate of drug-likeness (QED) is 0.657. The Balaban J connectivity index is 2.54. The van der Waals surface area contributed by atoms with Gasteiger partial charge in [0, 0.05) is 24.7 Å². The lowest BCUT2D eigenvalue weighted by molar-refractivity contribution is -0.114. The highest BCUT2D eigenvalue weighted by atomic mass is 16.2. The van der Waals surface area contributed by atoms with Gasteiger partial charge in [-0.05, 0) is 37.2 Å². The molecular formula is C12H17N3O2. The van der Waals surface area contributed by atoms with Gasteiger partial charge in [-0.3, -0.25) is 9.59 Å². The van der Waals surface area contributed by atoms with E-state index in [2.05, 4.69) is 10.6 Å². The van der Waals surface area contributed by atoms with Crippen LogP contribution in [0.3, 0.4) is 0 Å². The van der Waals surface area contributed by atoms with Crippen LogP contribution < -0.4 is 16.4 Å². The number of hydrogen-bond acceptors (Lipinski definition) is 3. The number of carbonyl (C=O) groups excluding carboxylic acids is 2. The molecule has 0 aliphatic carbocycles. The van der Waals surface area contributed by atoms with Crippen molar-refractivity contribution in [2.75, 3.05) is 18.4 Å². The van der Waals surface area contributed by atoms with Gasteiger partial charge in [0.1, 0.15) is 0 Å². The Bertz CT molecular complexity index is 387. The Morgan fingerprint density at radius 1 is 1.24 bits per heavy atom. The number of anilines is 1. The van der Waals surface area contributed by atoms with Gasteiger partial charge in [-0.25, -0.2) is 0 Å². The number of nitrogens with one attached hydrogen (secondary N) is 2. The Morgan fingerprint density at radius 2 is 1.88 bits per heavy atom. The first-order valence-corrected chi connectivity index (χ1v) is 5.49. The van der Waals surface area contributed by atoms with Crippen molar-refractivity contribution >= 4 is 17.5 Å². The molecule has 0 spiro atoms. The van der Waals surface area contributed by atoms with Crippen LogP contribution in [0.15, 0.2) is 24.3 Å². The molecule has 0 saturated carbocycles. The zero-order valence-corrected chi connectivity index (χ0v) is 9.82. The summed E-state index contributed by atoms with van der Waals surface area (Å²) in [6, 6.07) is 6.73. The van der Waals surface area contributed by atoms with Gasteiger partial charge in [0.15, 0.2) is 0 Å². The highest BCUT2D eigenvalue weighted by molar-refractivity contribution is 5.95. The van der Waals surface area contributed by atoms with Crippen molar-refractivity contribution < 1.29 is 9.59 Å². The largest absolute Gasteiger partial charge is 0.352 e. The Hall–Kier alpha value is -1.88. The maximum Gasteiger partial charge on any atom is 0.251 e. The van der Waals surface area contributed by atoms with Crippen molar-refractivity contribution in [1.82, 2.24) is 5.32 Å². The molecule has 0 saturated heterocycles. The molecule has 92 valence electrons. The molecule has 0 bridgehead atoms. The molecule has 2 amide bonds. The van der Waals surface area contributed by atoms with E-state index in [9.17, 15) is 9.59 Å². The van der Waals surface area contributed by atoms with E-state index < -0.39 is 0 Å². The monoisotopic (exact) mass is 235 g/mol. The minimum atomic E-state index is -0.134. The van der Waals surface area contributed by atoms with Crippen LogP contribution in [0, 0.1) is 0 Å². The minimum Gasteiger partial charge on any atom is -0.352 e. The number of carbonyl (C=O) groups is 2. The zero-order valence-electron chi connectivity index (χ0n) is 9.82. The third kappa shape index (κ3) is 4.65. The molecular weight excluding hydrogens is 218 g/mol. The molecule has 1 aromatic rings. The van der Waals surface area contributed by atoms with Crippen LogP contribution >= 0.6 is 0 Å². The molecule has 17 heavy (non-hydrogen) atoms. The lowest BCUT2D eigenvalue weighted by atomic mass is 10.2. The normalized spacial score (nSPS) is 9.76. The lowest BCUT2D eigenvalue weighted by Gasteiger charge is -2.05. The van der Waals surface area contributed by atoms with Gasteiger partial charge in [-0.2, -0.15) is 0 Å². The Labute approximate surface area is 100 Å². The van der Waals surface area contributed by atoms with Crippen LogP contribution in [0.1, 0.15) is 23.7 Å². The van der Waals surface area contributed by atoms with Crippen molar-refractivity contribution in [2.24, 2.45) is 5.73 Å². The fraction of sp³-hybridized carbons (Fsp3) is 0.333. The highest BCUT2D eigenvalue weighted by Crippen LogP contribution is 2.09. The molecule has 1 aromatic carbocycles. The molecule has 0 heterocycles. The summed E-state index contributed by atoms with van der Waals surface area (Å²) in [4.78, 5) is 22.4. The minimum absolute atomic E-state index is 0.132. The molecule has 5 heteroatoms. The molecule has 5 nitrogen and oxygen atoms in total. The summed E-state index contributed by atoms with van der Waals surface area (Å²) in [5.74, 6) is -0.266. The van der Waals surface area contributed by atoms with Gasteiger partial charge in [0.05, 0.1) is 0 Å². The van der Waals surface area contributed by atoms with E-state index in [1.54, 1.807) is 24.3 Å². The Morgan fingerprint density at radius 3 is 2.41 bits per heavy atom. The van der Waals surface area contributed by atoms with Crippen LogP contribution in [0.25, 0.3) is 0 Å². The maximum absolute atomic E-state index is 11.6.